The second-order valence-electron chi connectivity index (χ2n) is 7.46. The van der Waals surface area contributed by atoms with Crippen molar-refractivity contribution in [3.05, 3.63) is 70.2 Å². The number of piperidine rings is 1. The fraction of sp³-hybridized carbons (Fsp3) is 0.348. The molecule has 0 bridgehead atoms. The lowest BCUT2D eigenvalue weighted by molar-refractivity contribution is -0.159. The molecule has 0 atom stereocenters. The Kier molecular flexibility index (Phi) is 9.49. The Balaban J connectivity index is 0.000000501. The lowest BCUT2D eigenvalue weighted by Crippen LogP contribution is -2.40. The van der Waals surface area contributed by atoms with E-state index in [1.165, 1.54) is 11.1 Å². The van der Waals surface area contributed by atoms with Crippen molar-refractivity contribution in [3.8, 4) is 0 Å². The number of aryl methyl sites for hydroxylation is 1. The van der Waals surface area contributed by atoms with E-state index in [4.69, 9.17) is 31.4 Å². The molecule has 0 unspecified atom stereocenters. The Hall–Kier alpha value is -2.90. The predicted octanol–water partition coefficient (Wildman–Crippen LogP) is 3.33. The van der Waals surface area contributed by atoms with E-state index in [9.17, 15) is 4.79 Å². The van der Waals surface area contributed by atoms with Gasteiger partial charge in [0.15, 0.2) is 0 Å². The van der Waals surface area contributed by atoms with Crippen LogP contribution >= 0.6 is 11.6 Å². The molecule has 2 aromatic carbocycles. The summed E-state index contributed by atoms with van der Waals surface area (Å²) in [5.41, 5.74) is 3.60. The summed E-state index contributed by atoms with van der Waals surface area (Å²) in [6, 6.07) is 16.3. The van der Waals surface area contributed by atoms with E-state index in [0.29, 0.717) is 11.6 Å². The highest BCUT2D eigenvalue weighted by Crippen LogP contribution is 2.20. The van der Waals surface area contributed by atoms with Crippen molar-refractivity contribution < 1.29 is 24.6 Å². The van der Waals surface area contributed by atoms with Gasteiger partial charge in [-0.05, 0) is 50.0 Å². The maximum Gasteiger partial charge on any atom is 0.414 e. The standard InChI is InChI=1S/C21H25ClN2O.C2H2O4/c1-16-6-8-17(9-7-16)15-24-12-10-18(11-13-24)21(25)23-14-19-4-2-3-5-20(19)22;3-1(4)2(5)6/h2-9,18H,10-15H2,1H3,(H,23,25);(H,3,4)(H,5,6). The SMILES string of the molecule is Cc1ccc(CN2CCC(C(=O)NCc3ccccc3Cl)CC2)cc1.O=C(O)C(=O)O. The zero-order valence-electron chi connectivity index (χ0n) is 17.4. The molecule has 1 saturated heterocycles. The molecule has 3 rings (SSSR count). The number of nitrogens with one attached hydrogen (secondary N) is 1. The molecule has 2 aromatic rings. The number of carbonyl (C=O) groups is 3. The first-order valence-electron chi connectivity index (χ1n) is 10.0. The molecular weight excluding hydrogens is 420 g/mol. The van der Waals surface area contributed by atoms with Crippen molar-refractivity contribution in [1.29, 1.82) is 0 Å². The monoisotopic (exact) mass is 446 g/mol. The fourth-order valence-electron chi connectivity index (χ4n) is 3.27. The summed E-state index contributed by atoms with van der Waals surface area (Å²) < 4.78 is 0. The van der Waals surface area contributed by atoms with Gasteiger partial charge in [-0.1, -0.05) is 59.6 Å². The molecule has 3 N–H and O–H groups in total. The minimum Gasteiger partial charge on any atom is -0.473 e. The van der Waals surface area contributed by atoms with Gasteiger partial charge in [0.05, 0.1) is 0 Å². The lowest BCUT2D eigenvalue weighted by atomic mass is 9.95. The Morgan fingerprint density at radius 2 is 1.58 bits per heavy atom. The third-order valence-corrected chi connectivity index (χ3v) is 5.45. The number of carbonyl (C=O) groups excluding carboxylic acids is 1. The summed E-state index contributed by atoms with van der Waals surface area (Å²) in [6.07, 6.45) is 1.83. The number of nitrogens with zero attached hydrogens (tertiary/aromatic N) is 1. The van der Waals surface area contributed by atoms with Gasteiger partial charge in [0.25, 0.3) is 0 Å². The number of aliphatic carboxylic acids is 2. The van der Waals surface area contributed by atoms with E-state index >= 15 is 0 Å². The Morgan fingerprint density at radius 3 is 2.13 bits per heavy atom. The third-order valence-electron chi connectivity index (χ3n) is 5.08. The van der Waals surface area contributed by atoms with Crippen molar-refractivity contribution in [2.75, 3.05) is 13.1 Å². The highest BCUT2D eigenvalue weighted by atomic mass is 35.5. The van der Waals surface area contributed by atoms with E-state index in [2.05, 4.69) is 41.4 Å². The van der Waals surface area contributed by atoms with Crippen molar-refractivity contribution in [1.82, 2.24) is 10.2 Å². The minimum atomic E-state index is -1.82. The Morgan fingerprint density at radius 1 is 1.00 bits per heavy atom. The van der Waals surface area contributed by atoms with Crippen LogP contribution in [0.4, 0.5) is 0 Å². The number of halogens is 1. The average Bonchev–Trinajstić information content (AvgIpc) is 2.75. The van der Waals surface area contributed by atoms with E-state index in [0.717, 1.165) is 38.0 Å². The van der Waals surface area contributed by atoms with Crippen LogP contribution in [0.2, 0.25) is 5.02 Å². The third kappa shape index (κ3) is 8.39. The number of benzene rings is 2. The quantitative estimate of drug-likeness (QED) is 0.608. The summed E-state index contributed by atoms with van der Waals surface area (Å²) in [4.78, 5) is 33.0. The van der Waals surface area contributed by atoms with Crippen molar-refractivity contribution in [2.24, 2.45) is 5.92 Å². The van der Waals surface area contributed by atoms with Crippen LogP contribution in [-0.2, 0) is 27.5 Å². The maximum atomic E-state index is 12.4. The number of amides is 1. The zero-order valence-corrected chi connectivity index (χ0v) is 18.1. The van der Waals surface area contributed by atoms with Crippen LogP contribution in [0, 0.1) is 12.8 Å². The predicted molar refractivity (Wildman–Crippen MR) is 118 cm³/mol. The van der Waals surface area contributed by atoms with E-state index in [-0.39, 0.29) is 11.8 Å². The number of carboxylic acid groups (broad SMARTS) is 2. The molecule has 0 radical (unpaired) electrons. The first-order chi connectivity index (χ1) is 14.8. The molecule has 166 valence electrons. The maximum absolute atomic E-state index is 12.4. The molecule has 1 aliphatic rings. The van der Waals surface area contributed by atoms with Crippen LogP contribution in [0.25, 0.3) is 0 Å². The fourth-order valence-corrected chi connectivity index (χ4v) is 3.48. The normalized spacial score (nSPS) is 14.3. The number of carboxylic acids is 2. The summed E-state index contributed by atoms with van der Waals surface area (Å²) in [5, 5.41) is 18.5. The molecule has 1 aliphatic heterocycles. The highest BCUT2D eigenvalue weighted by Gasteiger charge is 2.24. The van der Waals surface area contributed by atoms with Crippen LogP contribution in [0.3, 0.4) is 0 Å². The first-order valence-corrected chi connectivity index (χ1v) is 10.4. The molecular formula is C23H27ClN2O5. The second-order valence-corrected chi connectivity index (χ2v) is 7.86. The van der Waals surface area contributed by atoms with Gasteiger partial charge >= 0.3 is 11.9 Å². The van der Waals surface area contributed by atoms with Gasteiger partial charge in [0, 0.05) is 24.0 Å². The van der Waals surface area contributed by atoms with E-state index in [1.807, 2.05) is 24.3 Å². The van der Waals surface area contributed by atoms with Gasteiger partial charge < -0.3 is 15.5 Å². The molecule has 31 heavy (non-hydrogen) atoms. The molecule has 0 spiro atoms. The van der Waals surface area contributed by atoms with E-state index in [1.54, 1.807) is 0 Å². The van der Waals surface area contributed by atoms with Crippen LogP contribution in [0.15, 0.2) is 48.5 Å². The summed E-state index contributed by atoms with van der Waals surface area (Å²) in [6.45, 7) is 5.52. The minimum absolute atomic E-state index is 0.108. The summed E-state index contributed by atoms with van der Waals surface area (Å²) in [5.74, 6) is -3.39. The van der Waals surface area contributed by atoms with Crippen LogP contribution in [-0.4, -0.2) is 46.0 Å². The summed E-state index contributed by atoms with van der Waals surface area (Å²) in [7, 11) is 0. The number of hydrogen-bond acceptors (Lipinski definition) is 4. The summed E-state index contributed by atoms with van der Waals surface area (Å²) >= 11 is 6.14. The zero-order chi connectivity index (χ0) is 22.8. The molecule has 1 heterocycles. The molecule has 1 fully saturated rings. The van der Waals surface area contributed by atoms with Gasteiger partial charge in [0.1, 0.15) is 0 Å². The number of rotatable bonds is 5. The smallest absolute Gasteiger partial charge is 0.414 e. The second kappa shape index (κ2) is 12.1. The molecule has 1 amide bonds. The molecule has 7 nitrogen and oxygen atoms in total. The van der Waals surface area contributed by atoms with Gasteiger partial charge in [-0.3, -0.25) is 9.69 Å². The highest BCUT2D eigenvalue weighted by molar-refractivity contribution is 6.31. The van der Waals surface area contributed by atoms with Crippen molar-refractivity contribution >= 4 is 29.4 Å². The molecule has 0 aliphatic carbocycles. The average molecular weight is 447 g/mol. The van der Waals surface area contributed by atoms with Crippen LogP contribution < -0.4 is 5.32 Å². The van der Waals surface area contributed by atoms with Gasteiger partial charge in [-0.2, -0.15) is 0 Å². The van der Waals surface area contributed by atoms with Crippen molar-refractivity contribution in [2.45, 2.75) is 32.9 Å². The van der Waals surface area contributed by atoms with Gasteiger partial charge in [-0.15, -0.1) is 0 Å². The number of hydrogen-bond donors (Lipinski definition) is 3. The van der Waals surface area contributed by atoms with Crippen LogP contribution in [0.1, 0.15) is 29.5 Å². The van der Waals surface area contributed by atoms with Crippen molar-refractivity contribution in [3.63, 3.8) is 0 Å². The van der Waals surface area contributed by atoms with E-state index < -0.39 is 11.9 Å². The number of likely N-dealkylation sites (tertiary alicyclic amines) is 1. The largest absolute Gasteiger partial charge is 0.473 e. The van der Waals surface area contributed by atoms with Gasteiger partial charge in [0.2, 0.25) is 5.91 Å². The Bertz CT molecular complexity index is 881. The molecule has 8 heteroatoms. The topological polar surface area (TPSA) is 107 Å². The molecule has 0 aromatic heterocycles. The van der Waals surface area contributed by atoms with Crippen LogP contribution in [0.5, 0.6) is 0 Å². The lowest BCUT2D eigenvalue weighted by Gasteiger charge is -2.31. The first kappa shape index (κ1) is 24.4. The van der Waals surface area contributed by atoms with Gasteiger partial charge in [-0.25, -0.2) is 9.59 Å². The Labute approximate surface area is 186 Å². The molecule has 0 saturated carbocycles.